The number of ether oxygens (including phenoxy) is 1. The molecule has 1 aromatic carbocycles. The van der Waals surface area contributed by atoms with Gasteiger partial charge in [0.1, 0.15) is 6.23 Å². The maximum Gasteiger partial charge on any atom is 0.136 e. The molecule has 2 rings (SSSR count). The summed E-state index contributed by atoms with van der Waals surface area (Å²) in [6, 6.07) is 10.5. The Hall–Kier alpha value is -0.860. The van der Waals surface area contributed by atoms with Crippen molar-refractivity contribution < 1.29 is 4.74 Å². The fourth-order valence-corrected chi connectivity index (χ4v) is 2.27. The molecular weight excluding hydrogens is 186 g/mol. The molecule has 1 atom stereocenters. The van der Waals surface area contributed by atoms with Gasteiger partial charge in [-0.3, -0.25) is 4.90 Å². The number of benzene rings is 1. The smallest absolute Gasteiger partial charge is 0.136 e. The lowest BCUT2D eigenvalue weighted by atomic mass is 10.1. The molecule has 15 heavy (non-hydrogen) atoms. The molecule has 1 saturated heterocycles. The molecule has 0 N–H and O–H groups in total. The van der Waals surface area contributed by atoms with Crippen LogP contribution >= 0.6 is 0 Å². The molecule has 1 heterocycles. The minimum absolute atomic E-state index is 0.145. The van der Waals surface area contributed by atoms with Crippen molar-refractivity contribution in [2.24, 2.45) is 0 Å². The number of hydrogen-bond donors (Lipinski definition) is 0. The average Bonchev–Trinajstić information content (AvgIpc) is 2.33. The standard InChI is InChI=1S/C13H19NO/c1-15-13(12-8-4-2-5-9-12)14-10-6-3-7-11-14/h2,4-5,8-9,13H,3,6-7,10-11H2,1H3. The second kappa shape index (κ2) is 5.29. The molecule has 0 bridgehead atoms. The van der Waals surface area contributed by atoms with Crippen molar-refractivity contribution in [3.8, 4) is 0 Å². The number of piperidine rings is 1. The predicted octanol–water partition coefficient (Wildman–Crippen LogP) is 2.82. The van der Waals surface area contributed by atoms with Gasteiger partial charge < -0.3 is 4.74 Å². The van der Waals surface area contributed by atoms with Gasteiger partial charge in [-0.05, 0) is 18.4 Å². The molecule has 0 spiro atoms. The maximum absolute atomic E-state index is 5.60. The van der Waals surface area contributed by atoms with Crippen LogP contribution in [-0.2, 0) is 4.74 Å². The number of rotatable bonds is 3. The fourth-order valence-electron chi connectivity index (χ4n) is 2.27. The highest BCUT2D eigenvalue weighted by Crippen LogP contribution is 2.24. The highest BCUT2D eigenvalue weighted by molar-refractivity contribution is 5.17. The second-order valence-corrected chi connectivity index (χ2v) is 4.10. The SMILES string of the molecule is COC(c1ccccc1)N1CCCCC1. The molecule has 1 aliphatic rings. The highest BCUT2D eigenvalue weighted by atomic mass is 16.5. The molecule has 2 heteroatoms. The number of hydrogen-bond acceptors (Lipinski definition) is 2. The summed E-state index contributed by atoms with van der Waals surface area (Å²) in [4.78, 5) is 2.43. The van der Waals surface area contributed by atoms with Crippen LogP contribution in [0.1, 0.15) is 31.1 Å². The van der Waals surface area contributed by atoms with Gasteiger partial charge in [-0.1, -0.05) is 36.8 Å². The summed E-state index contributed by atoms with van der Waals surface area (Å²) in [7, 11) is 1.80. The van der Waals surface area contributed by atoms with Crippen LogP contribution in [0.3, 0.4) is 0 Å². The van der Waals surface area contributed by atoms with Gasteiger partial charge in [-0.15, -0.1) is 0 Å². The summed E-state index contributed by atoms with van der Waals surface area (Å²) in [6.45, 7) is 2.32. The molecule has 2 nitrogen and oxygen atoms in total. The van der Waals surface area contributed by atoms with E-state index >= 15 is 0 Å². The number of nitrogens with zero attached hydrogens (tertiary/aromatic N) is 1. The Morgan fingerprint density at radius 1 is 1.07 bits per heavy atom. The van der Waals surface area contributed by atoms with E-state index in [1.54, 1.807) is 7.11 Å². The normalized spacial score (nSPS) is 20.1. The molecular formula is C13H19NO. The van der Waals surface area contributed by atoms with E-state index in [9.17, 15) is 0 Å². The van der Waals surface area contributed by atoms with E-state index in [0.717, 1.165) is 13.1 Å². The Labute approximate surface area is 91.9 Å². The topological polar surface area (TPSA) is 12.5 Å². The molecule has 0 aliphatic carbocycles. The summed E-state index contributed by atoms with van der Waals surface area (Å²) in [5.74, 6) is 0. The van der Waals surface area contributed by atoms with Gasteiger partial charge in [-0.25, -0.2) is 0 Å². The van der Waals surface area contributed by atoms with Crippen LogP contribution in [0.5, 0.6) is 0 Å². The van der Waals surface area contributed by atoms with Gasteiger partial charge in [0.25, 0.3) is 0 Å². The lowest BCUT2D eigenvalue weighted by molar-refractivity contribution is -0.0438. The lowest BCUT2D eigenvalue weighted by Crippen LogP contribution is -2.34. The molecule has 0 aromatic heterocycles. The zero-order chi connectivity index (χ0) is 10.5. The largest absolute Gasteiger partial charge is 0.362 e. The van der Waals surface area contributed by atoms with Crippen molar-refractivity contribution >= 4 is 0 Å². The predicted molar refractivity (Wildman–Crippen MR) is 61.6 cm³/mol. The average molecular weight is 205 g/mol. The van der Waals surface area contributed by atoms with E-state index in [1.165, 1.54) is 24.8 Å². The molecule has 1 fully saturated rings. The Morgan fingerprint density at radius 2 is 1.73 bits per heavy atom. The first-order valence-electron chi connectivity index (χ1n) is 5.73. The third kappa shape index (κ3) is 2.58. The summed E-state index contributed by atoms with van der Waals surface area (Å²) in [6.07, 6.45) is 4.10. The zero-order valence-corrected chi connectivity index (χ0v) is 9.36. The first kappa shape index (κ1) is 10.7. The van der Waals surface area contributed by atoms with Crippen LogP contribution in [0.2, 0.25) is 0 Å². The Morgan fingerprint density at radius 3 is 2.33 bits per heavy atom. The van der Waals surface area contributed by atoms with Crippen LogP contribution in [0.15, 0.2) is 30.3 Å². The number of likely N-dealkylation sites (tertiary alicyclic amines) is 1. The fraction of sp³-hybridized carbons (Fsp3) is 0.538. The van der Waals surface area contributed by atoms with Crippen molar-refractivity contribution in [3.05, 3.63) is 35.9 Å². The van der Waals surface area contributed by atoms with Crippen molar-refractivity contribution in [1.29, 1.82) is 0 Å². The zero-order valence-electron chi connectivity index (χ0n) is 9.36. The number of methoxy groups -OCH3 is 1. The third-order valence-corrected chi connectivity index (χ3v) is 3.03. The summed E-state index contributed by atoms with van der Waals surface area (Å²) in [5, 5.41) is 0. The molecule has 0 saturated carbocycles. The maximum atomic E-state index is 5.60. The van der Waals surface area contributed by atoms with Gasteiger partial charge in [0.05, 0.1) is 0 Å². The monoisotopic (exact) mass is 205 g/mol. The van der Waals surface area contributed by atoms with E-state index < -0.39 is 0 Å². The summed E-state index contributed by atoms with van der Waals surface area (Å²) >= 11 is 0. The summed E-state index contributed by atoms with van der Waals surface area (Å²) < 4.78 is 5.60. The van der Waals surface area contributed by atoms with Gasteiger partial charge >= 0.3 is 0 Å². The highest BCUT2D eigenvalue weighted by Gasteiger charge is 2.21. The van der Waals surface area contributed by atoms with Gasteiger partial charge in [0.2, 0.25) is 0 Å². The van der Waals surface area contributed by atoms with Crippen LogP contribution in [0.25, 0.3) is 0 Å². The molecule has 1 aliphatic heterocycles. The lowest BCUT2D eigenvalue weighted by Gasteiger charge is -2.33. The Bertz CT molecular complexity index is 280. The second-order valence-electron chi connectivity index (χ2n) is 4.10. The Balaban J connectivity index is 2.09. The van der Waals surface area contributed by atoms with E-state index in [4.69, 9.17) is 4.74 Å². The van der Waals surface area contributed by atoms with Crippen molar-refractivity contribution in [1.82, 2.24) is 4.90 Å². The van der Waals surface area contributed by atoms with Crippen molar-refractivity contribution in [2.75, 3.05) is 20.2 Å². The van der Waals surface area contributed by atoms with Crippen molar-refractivity contribution in [2.45, 2.75) is 25.5 Å². The van der Waals surface area contributed by atoms with Crippen LogP contribution < -0.4 is 0 Å². The minimum Gasteiger partial charge on any atom is -0.362 e. The van der Waals surface area contributed by atoms with Crippen molar-refractivity contribution in [3.63, 3.8) is 0 Å². The van der Waals surface area contributed by atoms with E-state index in [1.807, 2.05) is 6.07 Å². The van der Waals surface area contributed by atoms with E-state index in [0.29, 0.717) is 0 Å². The molecule has 1 aromatic rings. The molecule has 1 unspecified atom stereocenters. The van der Waals surface area contributed by atoms with E-state index in [-0.39, 0.29) is 6.23 Å². The van der Waals surface area contributed by atoms with Gasteiger partial charge in [-0.2, -0.15) is 0 Å². The van der Waals surface area contributed by atoms with Crippen LogP contribution in [0.4, 0.5) is 0 Å². The van der Waals surface area contributed by atoms with Crippen LogP contribution in [-0.4, -0.2) is 25.1 Å². The molecule has 0 radical (unpaired) electrons. The molecule has 82 valence electrons. The summed E-state index contributed by atoms with van der Waals surface area (Å²) in [5.41, 5.74) is 1.27. The minimum atomic E-state index is 0.145. The first-order valence-corrected chi connectivity index (χ1v) is 5.73. The first-order chi connectivity index (χ1) is 7.42. The van der Waals surface area contributed by atoms with Crippen LogP contribution in [0, 0.1) is 0 Å². The van der Waals surface area contributed by atoms with Gasteiger partial charge in [0.15, 0.2) is 0 Å². The van der Waals surface area contributed by atoms with E-state index in [2.05, 4.69) is 29.2 Å². The quantitative estimate of drug-likeness (QED) is 0.752. The molecule has 0 amide bonds. The van der Waals surface area contributed by atoms with Gasteiger partial charge in [0, 0.05) is 20.2 Å². The third-order valence-electron chi connectivity index (χ3n) is 3.03. The Kier molecular flexibility index (Phi) is 3.75.